The van der Waals surface area contributed by atoms with Crippen LogP contribution in [0.5, 0.6) is 0 Å². The summed E-state index contributed by atoms with van der Waals surface area (Å²) in [5.74, 6) is -0.907. The molecule has 0 unspecified atom stereocenters. The van der Waals surface area contributed by atoms with E-state index >= 15 is 0 Å². The molecule has 1 N–H and O–H groups in total. The topological polar surface area (TPSA) is 72.7 Å². The normalized spacial score (nSPS) is 10.8. The zero-order valence-corrected chi connectivity index (χ0v) is 14.0. The third-order valence-electron chi connectivity index (χ3n) is 4.14. The second kappa shape index (κ2) is 6.33. The number of nitrogens with one attached hydrogen (secondary N) is 1. The van der Waals surface area contributed by atoms with E-state index in [0.717, 1.165) is 10.8 Å². The van der Waals surface area contributed by atoms with E-state index in [4.69, 9.17) is 4.74 Å². The lowest BCUT2D eigenvalue weighted by atomic mass is 10.0. The Bertz CT molecular complexity index is 1110. The first-order chi connectivity index (χ1) is 12.7. The van der Waals surface area contributed by atoms with Gasteiger partial charge in [-0.1, -0.05) is 30.3 Å². The molecule has 0 aliphatic carbocycles. The van der Waals surface area contributed by atoms with Gasteiger partial charge in [-0.05, 0) is 35.0 Å². The Morgan fingerprint density at radius 2 is 1.77 bits per heavy atom. The number of amides is 1. The largest absolute Gasteiger partial charge is 0.465 e. The van der Waals surface area contributed by atoms with Crippen LogP contribution in [0.25, 0.3) is 16.4 Å². The minimum atomic E-state index is -0.513. The molecule has 4 rings (SSSR count). The number of aromatic nitrogens is 2. The van der Waals surface area contributed by atoms with Gasteiger partial charge >= 0.3 is 5.97 Å². The van der Waals surface area contributed by atoms with E-state index in [9.17, 15) is 9.59 Å². The third kappa shape index (κ3) is 2.77. The maximum absolute atomic E-state index is 12.6. The van der Waals surface area contributed by atoms with Crippen LogP contribution in [0.4, 0.5) is 5.69 Å². The number of carbonyl (C=O) groups excluding carboxylic acids is 2. The van der Waals surface area contributed by atoms with Gasteiger partial charge in [-0.2, -0.15) is 0 Å². The fraction of sp³-hybridized carbons (Fsp3) is 0.0500. The number of anilines is 1. The van der Waals surface area contributed by atoms with E-state index in [1.807, 2.05) is 48.7 Å². The van der Waals surface area contributed by atoms with Gasteiger partial charge in [-0.15, -0.1) is 0 Å². The van der Waals surface area contributed by atoms with Crippen LogP contribution >= 0.6 is 0 Å². The maximum atomic E-state index is 12.6. The molecule has 26 heavy (non-hydrogen) atoms. The molecule has 6 heteroatoms. The number of rotatable bonds is 3. The molecule has 4 aromatic rings. The van der Waals surface area contributed by atoms with Crippen LogP contribution in [0, 0.1) is 0 Å². The van der Waals surface area contributed by atoms with Crippen molar-refractivity contribution >= 4 is 34.0 Å². The van der Waals surface area contributed by atoms with E-state index in [2.05, 4.69) is 10.3 Å². The van der Waals surface area contributed by atoms with Crippen LogP contribution in [0.2, 0.25) is 0 Å². The summed E-state index contributed by atoms with van der Waals surface area (Å²) in [5.41, 5.74) is 1.62. The Labute approximate surface area is 149 Å². The molecule has 0 fully saturated rings. The summed E-state index contributed by atoms with van der Waals surface area (Å²) in [6.45, 7) is 0. The van der Waals surface area contributed by atoms with E-state index in [1.54, 1.807) is 22.7 Å². The molecule has 0 saturated carbocycles. The molecule has 0 aliphatic rings. The number of hydrogen-bond acceptors (Lipinski definition) is 4. The van der Waals surface area contributed by atoms with Gasteiger partial charge in [-0.25, -0.2) is 9.78 Å². The molecular formula is C20H15N3O3. The number of methoxy groups -OCH3 is 1. The van der Waals surface area contributed by atoms with Gasteiger partial charge < -0.3 is 14.5 Å². The SMILES string of the molecule is COC(=O)c1cc2ccccc2cc1NC(=O)c1cn2ccccc2n1. The maximum Gasteiger partial charge on any atom is 0.339 e. The lowest BCUT2D eigenvalue weighted by molar-refractivity contribution is 0.0602. The highest BCUT2D eigenvalue weighted by atomic mass is 16.5. The van der Waals surface area contributed by atoms with Crippen LogP contribution in [0.15, 0.2) is 67.0 Å². The first-order valence-electron chi connectivity index (χ1n) is 8.02. The molecule has 0 aliphatic heterocycles. The van der Waals surface area contributed by atoms with Gasteiger partial charge in [0.1, 0.15) is 11.3 Å². The Morgan fingerprint density at radius 1 is 1.04 bits per heavy atom. The van der Waals surface area contributed by atoms with Crippen molar-refractivity contribution in [2.24, 2.45) is 0 Å². The van der Waals surface area contributed by atoms with Crippen molar-refractivity contribution in [3.8, 4) is 0 Å². The summed E-state index contributed by atoms with van der Waals surface area (Å²) in [7, 11) is 1.31. The Kier molecular flexibility index (Phi) is 3.85. The first-order valence-corrected chi connectivity index (χ1v) is 8.02. The summed E-state index contributed by atoms with van der Waals surface area (Å²) in [5, 5.41) is 4.57. The minimum Gasteiger partial charge on any atom is -0.465 e. The predicted molar refractivity (Wildman–Crippen MR) is 98.4 cm³/mol. The minimum absolute atomic E-state index is 0.264. The molecular weight excluding hydrogens is 330 g/mol. The predicted octanol–water partition coefficient (Wildman–Crippen LogP) is 3.53. The molecule has 0 radical (unpaired) electrons. The van der Waals surface area contributed by atoms with Gasteiger partial charge in [0.15, 0.2) is 0 Å². The van der Waals surface area contributed by atoms with Crippen LogP contribution in [-0.2, 0) is 4.74 Å². The van der Waals surface area contributed by atoms with Crippen molar-refractivity contribution in [2.75, 3.05) is 12.4 Å². The van der Waals surface area contributed by atoms with Crippen LogP contribution in [-0.4, -0.2) is 28.4 Å². The van der Waals surface area contributed by atoms with Gasteiger partial charge in [-0.3, -0.25) is 4.79 Å². The first kappa shape index (κ1) is 15.8. The fourth-order valence-electron chi connectivity index (χ4n) is 2.85. The fourth-order valence-corrected chi connectivity index (χ4v) is 2.85. The number of esters is 1. The number of ether oxygens (including phenoxy) is 1. The molecule has 2 heterocycles. The molecule has 0 saturated heterocycles. The van der Waals surface area contributed by atoms with Crippen LogP contribution < -0.4 is 5.32 Å². The number of carbonyl (C=O) groups is 2. The summed E-state index contributed by atoms with van der Waals surface area (Å²) >= 11 is 0. The Balaban J connectivity index is 1.75. The average molecular weight is 345 g/mol. The highest BCUT2D eigenvalue weighted by Gasteiger charge is 2.17. The van der Waals surface area contributed by atoms with Gasteiger partial charge in [0, 0.05) is 12.4 Å². The molecule has 0 spiro atoms. The second-order valence-corrected chi connectivity index (χ2v) is 5.78. The molecule has 6 nitrogen and oxygen atoms in total. The zero-order valence-electron chi connectivity index (χ0n) is 14.0. The highest BCUT2D eigenvalue weighted by Crippen LogP contribution is 2.25. The quantitative estimate of drug-likeness (QED) is 0.577. The van der Waals surface area contributed by atoms with Crippen molar-refractivity contribution in [1.82, 2.24) is 9.38 Å². The number of pyridine rings is 1. The summed E-state index contributed by atoms with van der Waals surface area (Å²) in [6, 6.07) is 16.6. The van der Waals surface area contributed by atoms with Crippen molar-refractivity contribution in [3.05, 3.63) is 78.2 Å². The lowest BCUT2D eigenvalue weighted by Crippen LogP contribution is -2.16. The molecule has 1 amide bonds. The van der Waals surface area contributed by atoms with Crippen molar-refractivity contribution in [1.29, 1.82) is 0 Å². The van der Waals surface area contributed by atoms with E-state index in [-0.39, 0.29) is 5.69 Å². The van der Waals surface area contributed by atoms with Crippen molar-refractivity contribution < 1.29 is 14.3 Å². The zero-order chi connectivity index (χ0) is 18.1. The van der Waals surface area contributed by atoms with E-state index in [1.165, 1.54) is 7.11 Å². The third-order valence-corrected chi connectivity index (χ3v) is 4.14. The van der Waals surface area contributed by atoms with Gasteiger partial charge in [0.05, 0.1) is 18.4 Å². The Morgan fingerprint density at radius 3 is 2.50 bits per heavy atom. The van der Waals surface area contributed by atoms with Crippen LogP contribution in [0.1, 0.15) is 20.8 Å². The number of hydrogen-bond donors (Lipinski definition) is 1. The highest BCUT2D eigenvalue weighted by molar-refractivity contribution is 6.09. The van der Waals surface area contributed by atoms with Gasteiger partial charge in [0.2, 0.25) is 0 Å². The molecule has 128 valence electrons. The van der Waals surface area contributed by atoms with E-state index in [0.29, 0.717) is 16.9 Å². The number of fused-ring (bicyclic) bond motifs is 2. The summed E-state index contributed by atoms with van der Waals surface area (Å²) < 4.78 is 6.61. The molecule has 2 aromatic carbocycles. The molecule has 0 bridgehead atoms. The molecule has 0 atom stereocenters. The lowest BCUT2D eigenvalue weighted by Gasteiger charge is -2.11. The average Bonchev–Trinajstić information content (AvgIpc) is 3.11. The number of benzene rings is 2. The summed E-state index contributed by atoms with van der Waals surface area (Å²) in [4.78, 5) is 29.1. The second-order valence-electron chi connectivity index (χ2n) is 5.78. The Hall–Kier alpha value is -3.67. The molecule has 2 aromatic heterocycles. The monoisotopic (exact) mass is 345 g/mol. The van der Waals surface area contributed by atoms with E-state index < -0.39 is 11.9 Å². The number of nitrogens with zero attached hydrogens (tertiary/aromatic N) is 2. The van der Waals surface area contributed by atoms with Crippen molar-refractivity contribution in [3.63, 3.8) is 0 Å². The standard InChI is InChI=1S/C20H15N3O3/c1-26-20(25)15-10-13-6-2-3-7-14(13)11-16(15)22-19(24)17-12-23-9-5-4-8-18(23)21-17/h2-12H,1H3,(H,22,24). The van der Waals surface area contributed by atoms with Crippen LogP contribution in [0.3, 0.4) is 0 Å². The van der Waals surface area contributed by atoms with Gasteiger partial charge in [0.25, 0.3) is 5.91 Å². The summed E-state index contributed by atoms with van der Waals surface area (Å²) in [6.07, 6.45) is 3.46. The number of imidazole rings is 1. The van der Waals surface area contributed by atoms with Crippen molar-refractivity contribution in [2.45, 2.75) is 0 Å². The smallest absolute Gasteiger partial charge is 0.339 e.